The van der Waals surface area contributed by atoms with Crippen LogP contribution in [0.4, 0.5) is 4.79 Å². The molecule has 132 valence electrons. The van der Waals surface area contributed by atoms with E-state index >= 15 is 0 Å². The third-order valence-corrected chi connectivity index (χ3v) is 3.90. The topological polar surface area (TPSA) is 47.4 Å². The minimum Gasteiger partial charge on any atom is -0.444 e. The van der Waals surface area contributed by atoms with E-state index in [-0.39, 0.29) is 12.1 Å². The van der Waals surface area contributed by atoms with E-state index in [1.807, 2.05) is 57.6 Å². The number of benzene rings is 1. The number of piperidine rings is 1. The third kappa shape index (κ3) is 4.28. The zero-order chi connectivity index (χ0) is 17.7. The summed E-state index contributed by atoms with van der Waals surface area (Å²) in [7, 11) is 0. The summed E-state index contributed by atoms with van der Waals surface area (Å²) in [5.41, 5.74) is 0.668. The molecule has 2 heterocycles. The summed E-state index contributed by atoms with van der Waals surface area (Å²) in [5, 5.41) is 5.66. The SMILES string of the molecule is CC.CC(C)(C)OC(=O)N1CCCC(n2ncc3ccccc32)C1. The van der Waals surface area contributed by atoms with E-state index in [1.165, 1.54) is 0 Å². The van der Waals surface area contributed by atoms with Gasteiger partial charge in [-0.15, -0.1) is 0 Å². The van der Waals surface area contributed by atoms with Crippen molar-refractivity contribution in [3.8, 4) is 0 Å². The summed E-state index contributed by atoms with van der Waals surface area (Å²) >= 11 is 0. The fourth-order valence-electron chi connectivity index (χ4n) is 2.93. The molecule has 0 bridgehead atoms. The molecule has 0 spiro atoms. The summed E-state index contributed by atoms with van der Waals surface area (Å²) in [6.45, 7) is 11.1. The molecule has 0 N–H and O–H groups in total. The number of carbonyl (C=O) groups excluding carboxylic acids is 1. The van der Waals surface area contributed by atoms with Gasteiger partial charge in [0.2, 0.25) is 0 Å². The largest absolute Gasteiger partial charge is 0.444 e. The Hall–Kier alpha value is -2.04. The molecule has 3 rings (SSSR count). The Morgan fingerprint density at radius 2 is 1.96 bits per heavy atom. The molecule has 1 unspecified atom stereocenters. The van der Waals surface area contributed by atoms with Crippen LogP contribution in [0.5, 0.6) is 0 Å². The van der Waals surface area contributed by atoms with Crippen molar-refractivity contribution in [1.29, 1.82) is 0 Å². The highest BCUT2D eigenvalue weighted by Gasteiger charge is 2.29. The normalized spacial score (nSPS) is 18.0. The standard InChI is InChI=1S/C17H23N3O2.C2H6/c1-17(2,3)22-16(21)19-10-6-8-14(12-19)20-15-9-5-4-7-13(15)11-18-20;1-2/h4-5,7,9,11,14H,6,8,10,12H2,1-3H3;1-2H3. The number of rotatable bonds is 1. The van der Waals surface area contributed by atoms with Gasteiger partial charge in [0.1, 0.15) is 5.60 Å². The molecule has 5 heteroatoms. The number of aromatic nitrogens is 2. The van der Waals surface area contributed by atoms with Gasteiger partial charge in [-0.25, -0.2) is 4.79 Å². The maximum absolute atomic E-state index is 12.3. The first-order valence-corrected chi connectivity index (χ1v) is 8.84. The van der Waals surface area contributed by atoms with Gasteiger partial charge in [-0.2, -0.15) is 5.10 Å². The van der Waals surface area contributed by atoms with Crippen LogP contribution in [-0.4, -0.2) is 39.5 Å². The van der Waals surface area contributed by atoms with Gasteiger partial charge in [-0.1, -0.05) is 32.0 Å². The number of ether oxygens (including phenoxy) is 1. The maximum Gasteiger partial charge on any atom is 0.410 e. The van der Waals surface area contributed by atoms with Crippen LogP contribution in [0, 0.1) is 0 Å². The number of amides is 1. The average molecular weight is 331 g/mol. The van der Waals surface area contributed by atoms with Gasteiger partial charge in [0.15, 0.2) is 0 Å². The molecule has 1 aromatic heterocycles. The number of likely N-dealkylation sites (tertiary alicyclic amines) is 1. The van der Waals surface area contributed by atoms with Crippen molar-refractivity contribution < 1.29 is 9.53 Å². The van der Waals surface area contributed by atoms with Crippen molar-refractivity contribution >= 4 is 17.0 Å². The summed E-state index contributed by atoms with van der Waals surface area (Å²) in [5.74, 6) is 0. The number of nitrogens with zero attached hydrogens (tertiary/aromatic N) is 3. The fourth-order valence-corrected chi connectivity index (χ4v) is 2.93. The van der Waals surface area contributed by atoms with Gasteiger partial charge < -0.3 is 9.64 Å². The first-order valence-electron chi connectivity index (χ1n) is 8.84. The number of hydrogen-bond acceptors (Lipinski definition) is 3. The smallest absolute Gasteiger partial charge is 0.410 e. The van der Waals surface area contributed by atoms with Crippen molar-refractivity contribution in [3.05, 3.63) is 30.5 Å². The maximum atomic E-state index is 12.3. The highest BCUT2D eigenvalue weighted by atomic mass is 16.6. The molecule has 0 saturated carbocycles. The molecule has 24 heavy (non-hydrogen) atoms. The van der Waals surface area contributed by atoms with Gasteiger partial charge in [0.05, 0.1) is 17.8 Å². The first kappa shape index (κ1) is 18.3. The summed E-state index contributed by atoms with van der Waals surface area (Å²) < 4.78 is 7.54. The monoisotopic (exact) mass is 331 g/mol. The second-order valence-corrected chi connectivity index (χ2v) is 6.87. The van der Waals surface area contributed by atoms with Gasteiger partial charge in [-0.05, 0) is 39.7 Å². The number of para-hydroxylation sites is 1. The molecule has 1 atom stereocenters. The molecule has 0 aliphatic carbocycles. The van der Waals surface area contributed by atoms with Crippen LogP contribution in [-0.2, 0) is 4.74 Å². The number of carbonyl (C=O) groups is 1. The van der Waals surface area contributed by atoms with Crippen molar-refractivity contribution in [2.75, 3.05) is 13.1 Å². The molecule has 2 aromatic rings. The van der Waals surface area contributed by atoms with Crippen molar-refractivity contribution in [3.63, 3.8) is 0 Å². The number of hydrogen-bond donors (Lipinski definition) is 0. The lowest BCUT2D eigenvalue weighted by Gasteiger charge is -2.34. The molecule has 1 amide bonds. The Morgan fingerprint density at radius 1 is 1.25 bits per heavy atom. The van der Waals surface area contributed by atoms with Gasteiger partial charge in [0, 0.05) is 18.5 Å². The molecule has 0 radical (unpaired) electrons. The zero-order valence-corrected chi connectivity index (χ0v) is 15.5. The van der Waals surface area contributed by atoms with Crippen LogP contribution in [0.2, 0.25) is 0 Å². The Kier molecular flexibility index (Phi) is 5.86. The molecular weight excluding hydrogens is 302 g/mol. The molecule has 1 fully saturated rings. The van der Waals surface area contributed by atoms with E-state index in [0.29, 0.717) is 6.54 Å². The lowest BCUT2D eigenvalue weighted by atomic mass is 10.1. The van der Waals surface area contributed by atoms with E-state index in [1.54, 1.807) is 4.90 Å². The van der Waals surface area contributed by atoms with Gasteiger partial charge in [0.25, 0.3) is 0 Å². The Balaban J connectivity index is 0.00000100. The molecular formula is C19H29N3O2. The predicted molar refractivity (Wildman–Crippen MR) is 97.2 cm³/mol. The van der Waals surface area contributed by atoms with Crippen LogP contribution < -0.4 is 0 Å². The summed E-state index contributed by atoms with van der Waals surface area (Å²) in [6.07, 6.45) is 3.67. The minimum absolute atomic E-state index is 0.209. The van der Waals surface area contributed by atoms with Crippen LogP contribution in [0.1, 0.15) is 53.5 Å². The van der Waals surface area contributed by atoms with Crippen molar-refractivity contribution in [2.24, 2.45) is 0 Å². The van der Waals surface area contributed by atoms with Crippen molar-refractivity contribution in [1.82, 2.24) is 14.7 Å². The van der Waals surface area contributed by atoms with Gasteiger partial charge >= 0.3 is 6.09 Å². The first-order chi connectivity index (χ1) is 11.4. The Bertz CT molecular complexity index is 673. The van der Waals surface area contributed by atoms with E-state index in [4.69, 9.17) is 4.74 Å². The van der Waals surface area contributed by atoms with Crippen LogP contribution >= 0.6 is 0 Å². The number of fused-ring (bicyclic) bond motifs is 1. The fraction of sp³-hybridized carbons (Fsp3) is 0.579. The lowest BCUT2D eigenvalue weighted by molar-refractivity contribution is 0.0169. The quantitative estimate of drug-likeness (QED) is 0.765. The van der Waals surface area contributed by atoms with Crippen LogP contribution in [0.15, 0.2) is 30.5 Å². The average Bonchev–Trinajstić information content (AvgIpc) is 2.99. The van der Waals surface area contributed by atoms with Crippen LogP contribution in [0.3, 0.4) is 0 Å². The molecule has 1 aliphatic rings. The van der Waals surface area contributed by atoms with E-state index in [9.17, 15) is 4.79 Å². The van der Waals surface area contributed by atoms with Crippen LogP contribution in [0.25, 0.3) is 10.9 Å². The summed E-state index contributed by atoms with van der Waals surface area (Å²) in [4.78, 5) is 14.1. The Morgan fingerprint density at radius 3 is 2.67 bits per heavy atom. The molecule has 1 aliphatic heterocycles. The summed E-state index contributed by atoms with van der Waals surface area (Å²) in [6, 6.07) is 8.39. The second kappa shape index (κ2) is 7.69. The lowest BCUT2D eigenvalue weighted by Crippen LogP contribution is -2.43. The van der Waals surface area contributed by atoms with E-state index < -0.39 is 5.60 Å². The second-order valence-electron chi connectivity index (χ2n) is 6.87. The highest BCUT2D eigenvalue weighted by molar-refractivity contribution is 5.78. The molecule has 5 nitrogen and oxygen atoms in total. The van der Waals surface area contributed by atoms with E-state index in [2.05, 4.69) is 17.2 Å². The zero-order valence-electron chi connectivity index (χ0n) is 15.5. The Labute approximate surface area is 144 Å². The highest BCUT2D eigenvalue weighted by Crippen LogP contribution is 2.26. The molecule has 1 aromatic carbocycles. The minimum atomic E-state index is -0.456. The van der Waals surface area contributed by atoms with Crippen molar-refractivity contribution in [2.45, 2.75) is 59.1 Å². The van der Waals surface area contributed by atoms with Gasteiger partial charge in [-0.3, -0.25) is 4.68 Å². The van der Waals surface area contributed by atoms with E-state index in [0.717, 1.165) is 30.3 Å². The predicted octanol–water partition coefficient (Wildman–Crippen LogP) is 4.63. The molecule has 1 saturated heterocycles. The third-order valence-electron chi connectivity index (χ3n) is 3.90.